The summed E-state index contributed by atoms with van der Waals surface area (Å²) < 4.78 is 5.87. The molecule has 0 atom stereocenters. The molecule has 0 spiro atoms. The topological polar surface area (TPSA) is 55.5 Å². The van der Waals surface area contributed by atoms with Gasteiger partial charge in [-0.15, -0.1) is 0 Å². The maximum absolute atomic E-state index is 8.88. The number of aliphatic hydroxyl groups excluding tert-OH is 1. The predicted octanol–water partition coefficient (Wildman–Crippen LogP) is 2.78. The van der Waals surface area contributed by atoms with Gasteiger partial charge < -0.3 is 15.6 Å². The number of aliphatic hydroxyl groups is 1. The van der Waals surface area contributed by atoms with E-state index in [4.69, 9.17) is 15.6 Å². The predicted molar refractivity (Wildman–Crippen MR) is 76.4 cm³/mol. The molecule has 100 valence electrons. The third kappa shape index (κ3) is 3.56. The van der Waals surface area contributed by atoms with Gasteiger partial charge in [-0.1, -0.05) is 24.3 Å². The van der Waals surface area contributed by atoms with E-state index in [0.717, 1.165) is 28.2 Å². The van der Waals surface area contributed by atoms with Crippen LogP contribution < -0.4 is 10.5 Å². The largest absolute Gasteiger partial charge is 0.457 e. The Morgan fingerprint density at radius 2 is 1.74 bits per heavy atom. The highest BCUT2D eigenvalue weighted by Crippen LogP contribution is 2.26. The molecule has 2 aromatic rings. The van der Waals surface area contributed by atoms with Crippen molar-refractivity contribution >= 4 is 0 Å². The van der Waals surface area contributed by atoms with E-state index < -0.39 is 0 Å². The van der Waals surface area contributed by atoms with Crippen molar-refractivity contribution in [2.75, 3.05) is 6.61 Å². The highest BCUT2D eigenvalue weighted by Gasteiger charge is 2.03. The first-order chi connectivity index (χ1) is 9.22. The molecule has 0 heterocycles. The summed E-state index contributed by atoms with van der Waals surface area (Å²) in [6.45, 7) is 2.68. The van der Waals surface area contributed by atoms with Crippen LogP contribution in [0, 0.1) is 6.92 Å². The second kappa shape index (κ2) is 6.36. The fraction of sp³-hybridized carbons (Fsp3) is 0.250. The number of nitrogens with two attached hydrogens (primary N) is 1. The summed E-state index contributed by atoms with van der Waals surface area (Å²) in [6.07, 6.45) is 0.669. The minimum atomic E-state index is 0.165. The number of benzene rings is 2. The lowest BCUT2D eigenvalue weighted by molar-refractivity contribution is 0.299. The van der Waals surface area contributed by atoms with Crippen molar-refractivity contribution in [1.82, 2.24) is 0 Å². The van der Waals surface area contributed by atoms with Gasteiger partial charge in [-0.25, -0.2) is 0 Å². The van der Waals surface area contributed by atoms with Crippen molar-refractivity contribution in [3.05, 3.63) is 59.2 Å². The van der Waals surface area contributed by atoms with Crippen molar-refractivity contribution in [3.8, 4) is 11.5 Å². The Kier molecular flexibility index (Phi) is 4.55. The molecule has 0 unspecified atom stereocenters. The fourth-order valence-electron chi connectivity index (χ4n) is 1.86. The van der Waals surface area contributed by atoms with Crippen LogP contribution in [0.2, 0.25) is 0 Å². The molecule has 3 nitrogen and oxygen atoms in total. The van der Waals surface area contributed by atoms with Crippen LogP contribution in [-0.4, -0.2) is 11.7 Å². The Bertz CT molecular complexity index is 535. The summed E-state index contributed by atoms with van der Waals surface area (Å²) in [5.74, 6) is 1.62. The van der Waals surface area contributed by atoms with Crippen molar-refractivity contribution in [1.29, 1.82) is 0 Å². The normalized spacial score (nSPS) is 10.5. The molecular weight excluding hydrogens is 238 g/mol. The molecule has 0 aromatic heterocycles. The molecule has 0 amide bonds. The zero-order valence-corrected chi connectivity index (χ0v) is 11.1. The van der Waals surface area contributed by atoms with E-state index in [1.54, 1.807) is 0 Å². The molecule has 2 rings (SSSR count). The monoisotopic (exact) mass is 257 g/mol. The van der Waals surface area contributed by atoms with E-state index in [1.165, 1.54) is 0 Å². The SMILES string of the molecule is Cc1ccc(CN)cc1Oc1ccc(CCO)cc1. The van der Waals surface area contributed by atoms with Crippen LogP contribution in [-0.2, 0) is 13.0 Å². The van der Waals surface area contributed by atoms with Crippen molar-refractivity contribution in [3.63, 3.8) is 0 Å². The summed E-state index contributed by atoms with van der Waals surface area (Å²) in [7, 11) is 0. The molecule has 0 fully saturated rings. The average molecular weight is 257 g/mol. The molecule has 0 radical (unpaired) electrons. The van der Waals surface area contributed by atoms with Gasteiger partial charge in [0.15, 0.2) is 0 Å². The van der Waals surface area contributed by atoms with E-state index >= 15 is 0 Å². The Labute approximate surface area is 113 Å². The van der Waals surface area contributed by atoms with Crippen LogP contribution in [0.3, 0.4) is 0 Å². The zero-order chi connectivity index (χ0) is 13.7. The van der Waals surface area contributed by atoms with Crippen molar-refractivity contribution in [2.45, 2.75) is 19.9 Å². The number of hydrogen-bond donors (Lipinski definition) is 2. The van der Waals surface area contributed by atoms with Gasteiger partial charge in [-0.3, -0.25) is 0 Å². The molecule has 0 bridgehead atoms. The van der Waals surface area contributed by atoms with E-state index in [9.17, 15) is 0 Å². The third-order valence-corrected chi connectivity index (χ3v) is 3.04. The van der Waals surface area contributed by atoms with Crippen LogP contribution in [0.1, 0.15) is 16.7 Å². The third-order valence-electron chi connectivity index (χ3n) is 3.04. The maximum atomic E-state index is 8.88. The highest BCUT2D eigenvalue weighted by molar-refractivity contribution is 5.40. The number of hydrogen-bond acceptors (Lipinski definition) is 3. The van der Waals surface area contributed by atoms with Gasteiger partial charge in [-0.2, -0.15) is 0 Å². The van der Waals surface area contributed by atoms with Gasteiger partial charge in [0.2, 0.25) is 0 Å². The summed E-state index contributed by atoms with van der Waals surface area (Å²) in [4.78, 5) is 0. The number of aryl methyl sites for hydroxylation is 1. The quantitative estimate of drug-likeness (QED) is 0.866. The molecular formula is C16H19NO2. The lowest BCUT2D eigenvalue weighted by atomic mass is 10.1. The van der Waals surface area contributed by atoms with Gasteiger partial charge in [-0.05, 0) is 48.2 Å². The van der Waals surface area contributed by atoms with Crippen LogP contribution in [0.4, 0.5) is 0 Å². The minimum Gasteiger partial charge on any atom is -0.457 e. The zero-order valence-electron chi connectivity index (χ0n) is 11.1. The highest BCUT2D eigenvalue weighted by atomic mass is 16.5. The van der Waals surface area contributed by atoms with Gasteiger partial charge >= 0.3 is 0 Å². The van der Waals surface area contributed by atoms with Gasteiger partial charge in [0, 0.05) is 13.2 Å². The lowest BCUT2D eigenvalue weighted by Crippen LogP contribution is -1.97. The summed E-state index contributed by atoms with van der Waals surface area (Å²) in [5, 5.41) is 8.88. The summed E-state index contributed by atoms with van der Waals surface area (Å²) in [6, 6.07) is 13.8. The average Bonchev–Trinajstić information content (AvgIpc) is 2.44. The standard InChI is InChI=1S/C16H19NO2/c1-12-2-3-14(11-17)10-16(12)19-15-6-4-13(5-7-15)8-9-18/h2-7,10,18H,8-9,11,17H2,1H3. The van der Waals surface area contributed by atoms with Crippen LogP contribution in [0.25, 0.3) is 0 Å². The number of ether oxygens (including phenoxy) is 1. The molecule has 0 saturated carbocycles. The molecule has 0 aliphatic carbocycles. The summed E-state index contributed by atoms with van der Waals surface area (Å²) in [5.41, 5.74) is 8.87. The minimum absolute atomic E-state index is 0.165. The smallest absolute Gasteiger partial charge is 0.130 e. The molecule has 2 aromatic carbocycles. The summed E-state index contributed by atoms with van der Waals surface area (Å²) >= 11 is 0. The van der Waals surface area contributed by atoms with Gasteiger partial charge in [0.05, 0.1) is 0 Å². The number of rotatable bonds is 5. The van der Waals surface area contributed by atoms with Gasteiger partial charge in [0.1, 0.15) is 11.5 Å². The van der Waals surface area contributed by atoms with Gasteiger partial charge in [0.25, 0.3) is 0 Å². The Hall–Kier alpha value is -1.84. The van der Waals surface area contributed by atoms with Crippen molar-refractivity contribution < 1.29 is 9.84 Å². The van der Waals surface area contributed by atoms with Crippen molar-refractivity contribution in [2.24, 2.45) is 5.73 Å². The lowest BCUT2D eigenvalue weighted by Gasteiger charge is -2.10. The van der Waals surface area contributed by atoms with E-state index in [2.05, 4.69) is 0 Å². The van der Waals surface area contributed by atoms with Crippen LogP contribution in [0.5, 0.6) is 11.5 Å². The van der Waals surface area contributed by atoms with E-state index in [0.29, 0.717) is 13.0 Å². The first-order valence-corrected chi connectivity index (χ1v) is 6.40. The van der Waals surface area contributed by atoms with E-state index in [-0.39, 0.29) is 6.61 Å². The van der Waals surface area contributed by atoms with E-state index in [1.807, 2.05) is 49.4 Å². The molecule has 19 heavy (non-hydrogen) atoms. The second-order valence-electron chi connectivity index (χ2n) is 4.52. The van der Waals surface area contributed by atoms with Crippen LogP contribution >= 0.6 is 0 Å². The molecule has 0 aliphatic rings. The second-order valence-corrected chi connectivity index (χ2v) is 4.52. The maximum Gasteiger partial charge on any atom is 0.130 e. The first kappa shape index (κ1) is 13.6. The molecule has 0 aliphatic heterocycles. The molecule has 0 saturated heterocycles. The Morgan fingerprint density at radius 3 is 2.37 bits per heavy atom. The molecule has 3 heteroatoms. The molecule has 3 N–H and O–H groups in total. The Balaban J connectivity index is 2.16. The first-order valence-electron chi connectivity index (χ1n) is 6.40. The fourth-order valence-corrected chi connectivity index (χ4v) is 1.86. The van der Waals surface area contributed by atoms with Crippen LogP contribution in [0.15, 0.2) is 42.5 Å². The Morgan fingerprint density at radius 1 is 1.05 bits per heavy atom.